The second-order valence-electron chi connectivity index (χ2n) is 8.87. The van der Waals surface area contributed by atoms with Crippen LogP contribution in [0.1, 0.15) is 105 Å². The molecule has 2 rings (SSSR count). The minimum absolute atomic E-state index is 0.0932. The predicted octanol–water partition coefficient (Wildman–Crippen LogP) is 7.78. The topological polar surface area (TPSA) is 61.8 Å². The lowest BCUT2D eigenvalue weighted by Crippen LogP contribution is -2.17. The third-order valence-electron chi connectivity index (χ3n) is 5.93. The smallest absolute Gasteiger partial charge is 0.339 e. The number of carbonyl (C=O) groups excluding carboxylic acids is 2. The number of hydrogen-bond donors (Lipinski definition) is 0. The van der Waals surface area contributed by atoms with Crippen molar-refractivity contribution < 1.29 is 23.8 Å². The van der Waals surface area contributed by atoms with Gasteiger partial charge in [0.15, 0.2) is 0 Å². The average molecular weight is 483 g/mol. The van der Waals surface area contributed by atoms with E-state index in [1.54, 1.807) is 24.3 Å². The van der Waals surface area contributed by atoms with Crippen LogP contribution in [-0.2, 0) is 9.47 Å². The summed E-state index contributed by atoms with van der Waals surface area (Å²) in [6, 6.07) is 15.9. The zero-order chi connectivity index (χ0) is 25.0. The molecule has 0 heterocycles. The van der Waals surface area contributed by atoms with Gasteiger partial charge in [0.25, 0.3) is 0 Å². The lowest BCUT2D eigenvalue weighted by atomic mass is 10.1. The molecule has 2 aromatic rings. The summed E-state index contributed by atoms with van der Waals surface area (Å²) in [5, 5.41) is 0. The van der Waals surface area contributed by atoms with Crippen molar-refractivity contribution in [2.75, 3.05) is 19.8 Å². The summed E-state index contributed by atoms with van der Waals surface area (Å²) in [5.41, 5.74) is 0.451. The Morgan fingerprint density at radius 1 is 0.543 bits per heavy atom. The zero-order valence-electron chi connectivity index (χ0n) is 21.3. The zero-order valence-corrected chi connectivity index (χ0v) is 21.3. The summed E-state index contributed by atoms with van der Waals surface area (Å²) in [4.78, 5) is 25.0. The molecule has 0 unspecified atom stereocenters. The van der Waals surface area contributed by atoms with Crippen LogP contribution < -0.4 is 4.74 Å². The maximum Gasteiger partial charge on any atom is 0.339 e. The van der Waals surface area contributed by atoms with E-state index in [-0.39, 0.29) is 24.3 Å². The van der Waals surface area contributed by atoms with E-state index in [9.17, 15) is 9.59 Å². The number of unbranched alkanes of at least 4 members (excludes halogenated alkanes) is 11. The second-order valence-corrected chi connectivity index (χ2v) is 8.87. The van der Waals surface area contributed by atoms with Gasteiger partial charge in [-0.15, -0.1) is 0 Å². The molecule has 5 heteroatoms. The van der Waals surface area contributed by atoms with Gasteiger partial charge in [0.1, 0.15) is 19.0 Å². The molecular formula is C30H42O5. The molecule has 0 spiro atoms. The van der Waals surface area contributed by atoms with Gasteiger partial charge in [0.05, 0.1) is 17.7 Å². The molecule has 0 atom stereocenters. The minimum atomic E-state index is -0.556. The van der Waals surface area contributed by atoms with E-state index in [2.05, 4.69) is 6.92 Å². The normalized spacial score (nSPS) is 10.7. The number of ether oxygens (including phenoxy) is 3. The maximum absolute atomic E-state index is 12.5. The molecule has 5 nitrogen and oxygen atoms in total. The Kier molecular flexibility index (Phi) is 15.0. The first kappa shape index (κ1) is 28.4. The quantitative estimate of drug-likeness (QED) is 0.151. The number of para-hydroxylation sites is 1. The fourth-order valence-corrected chi connectivity index (χ4v) is 3.91. The summed E-state index contributed by atoms with van der Waals surface area (Å²) < 4.78 is 16.2. The molecule has 0 aliphatic carbocycles. The molecular weight excluding hydrogens is 440 g/mol. The molecule has 0 aliphatic heterocycles. The third kappa shape index (κ3) is 12.4. The number of hydrogen-bond acceptors (Lipinski definition) is 5. The van der Waals surface area contributed by atoms with Gasteiger partial charge in [0, 0.05) is 0 Å². The molecule has 0 saturated heterocycles. The van der Waals surface area contributed by atoms with Crippen LogP contribution in [0.15, 0.2) is 54.6 Å². The minimum Gasteiger partial charge on any atom is -0.490 e. The van der Waals surface area contributed by atoms with Crippen LogP contribution in [-0.4, -0.2) is 31.8 Å². The van der Waals surface area contributed by atoms with Crippen molar-refractivity contribution in [3.63, 3.8) is 0 Å². The number of carbonyl (C=O) groups is 2. The first-order valence-electron chi connectivity index (χ1n) is 13.3. The second kappa shape index (κ2) is 18.5. The highest BCUT2D eigenvalue weighted by atomic mass is 16.6. The van der Waals surface area contributed by atoms with E-state index in [0.717, 1.165) is 12.8 Å². The highest BCUT2D eigenvalue weighted by Gasteiger charge is 2.18. The van der Waals surface area contributed by atoms with Gasteiger partial charge < -0.3 is 14.2 Å². The van der Waals surface area contributed by atoms with Gasteiger partial charge in [-0.05, 0) is 30.7 Å². The maximum atomic E-state index is 12.5. The standard InChI is InChI=1S/C30H42O5/c1-2-3-4-5-6-7-8-9-10-11-12-18-23-34-29(31)27-21-16-17-22-28(27)30(32)35-25-24-33-26-19-14-13-15-20-26/h13-17,19-22H,2-12,18,23-25H2,1H3. The lowest BCUT2D eigenvalue weighted by Gasteiger charge is -2.10. The van der Waals surface area contributed by atoms with Crippen molar-refractivity contribution in [1.29, 1.82) is 0 Å². The summed E-state index contributed by atoms with van der Waals surface area (Å²) in [6.07, 6.45) is 15.1. The summed E-state index contributed by atoms with van der Waals surface area (Å²) in [7, 11) is 0. The monoisotopic (exact) mass is 482 g/mol. The number of rotatable bonds is 19. The predicted molar refractivity (Wildman–Crippen MR) is 140 cm³/mol. The van der Waals surface area contributed by atoms with Crippen molar-refractivity contribution in [1.82, 2.24) is 0 Å². The summed E-state index contributed by atoms with van der Waals surface area (Å²) in [6.45, 7) is 2.95. The van der Waals surface area contributed by atoms with E-state index in [1.807, 2.05) is 30.3 Å². The molecule has 0 aliphatic rings. The molecule has 0 amide bonds. The first-order valence-corrected chi connectivity index (χ1v) is 13.3. The van der Waals surface area contributed by atoms with Gasteiger partial charge in [-0.2, -0.15) is 0 Å². The Bertz CT molecular complexity index is 834. The van der Waals surface area contributed by atoms with Crippen LogP contribution in [0.4, 0.5) is 0 Å². The molecule has 0 bridgehead atoms. The fraction of sp³-hybridized carbons (Fsp3) is 0.533. The number of benzene rings is 2. The fourth-order valence-electron chi connectivity index (χ4n) is 3.91. The molecule has 192 valence electrons. The Labute approximate surface area is 211 Å². The van der Waals surface area contributed by atoms with Gasteiger partial charge in [-0.25, -0.2) is 9.59 Å². The van der Waals surface area contributed by atoms with Gasteiger partial charge in [0.2, 0.25) is 0 Å². The first-order chi connectivity index (χ1) is 17.2. The van der Waals surface area contributed by atoms with Crippen molar-refractivity contribution in [2.24, 2.45) is 0 Å². The van der Waals surface area contributed by atoms with Crippen LogP contribution in [0.5, 0.6) is 5.75 Å². The van der Waals surface area contributed by atoms with E-state index in [0.29, 0.717) is 12.4 Å². The van der Waals surface area contributed by atoms with Gasteiger partial charge in [-0.3, -0.25) is 0 Å². The molecule has 0 N–H and O–H groups in total. The average Bonchev–Trinajstić information content (AvgIpc) is 2.89. The van der Waals surface area contributed by atoms with Crippen molar-refractivity contribution in [2.45, 2.75) is 84.0 Å². The molecule has 0 radical (unpaired) electrons. The van der Waals surface area contributed by atoms with Crippen molar-refractivity contribution in [3.05, 3.63) is 65.7 Å². The SMILES string of the molecule is CCCCCCCCCCCCCCOC(=O)c1ccccc1C(=O)OCCOc1ccccc1. The van der Waals surface area contributed by atoms with Crippen molar-refractivity contribution in [3.8, 4) is 5.75 Å². The van der Waals surface area contributed by atoms with E-state index in [1.165, 1.54) is 64.2 Å². The van der Waals surface area contributed by atoms with Crippen molar-refractivity contribution >= 4 is 11.9 Å². The number of esters is 2. The Morgan fingerprint density at radius 2 is 1.00 bits per heavy atom. The highest BCUT2D eigenvalue weighted by molar-refractivity contribution is 6.03. The Balaban J connectivity index is 1.57. The molecule has 2 aromatic carbocycles. The summed E-state index contributed by atoms with van der Waals surface area (Å²) in [5.74, 6) is -0.328. The van der Waals surface area contributed by atoms with Crippen LogP contribution in [0, 0.1) is 0 Å². The molecule has 0 aromatic heterocycles. The van der Waals surface area contributed by atoms with E-state index < -0.39 is 11.9 Å². The largest absolute Gasteiger partial charge is 0.490 e. The van der Waals surface area contributed by atoms with Gasteiger partial charge in [-0.1, -0.05) is 108 Å². The van der Waals surface area contributed by atoms with E-state index in [4.69, 9.17) is 14.2 Å². The highest BCUT2D eigenvalue weighted by Crippen LogP contribution is 2.14. The Morgan fingerprint density at radius 3 is 1.54 bits per heavy atom. The van der Waals surface area contributed by atoms with Gasteiger partial charge >= 0.3 is 11.9 Å². The Hall–Kier alpha value is -2.82. The molecule has 35 heavy (non-hydrogen) atoms. The lowest BCUT2D eigenvalue weighted by molar-refractivity contribution is 0.0422. The van der Waals surface area contributed by atoms with Crippen LogP contribution >= 0.6 is 0 Å². The molecule has 0 fully saturated rings. The third-order valence-corrected chi connectivity index (χ3v) is 5.93. The summed E-state index contributed by atoms with van der Waals surface area (Å²) >= 11 is 0. The van der Waals surface area contributed by atoms with E-state index >= 15 is 0 Å². The van der Waals surface area contributed by atoms with Crippen LogP contribution in [0.25, 0.3) is 0 Å². The van der Waals surface area contributed by atoms with Crippen LogP contribution in [0.2, 0.25) is 0 Å². The van der Waals surface area contributed by atoms with Crippen LogP contribution in [0.3, 0.4) is 0 Å². The molecule has 0 saturated carbocycles.